The van der Waals surface area contributed by atoms with Crippen molar-refractivity contribution in [3.05, 3.63) is 0 Å². The summed E-state index contributed by atoms with van der Waals surface area (Å²) < 4.78 is 5.95. The van der Waals surface area contributed by atoms with Crippen LogP contribution < -0.4 is 5.73 Å². The van der Waals surface area contributed by atoms with Gasteiger partial charge in [-0.15, -0.1) is 0 Å². The van der Waals surface area contributed by atoms with Crippen LogP contribution in [0.25, 0.3) is 0 Å². The predicted molar refractivity (Wildman–Crippen MR) is 80.2 cm³/mol. The normalized spacial score (nSPS) is 31.7. The Hall–Kier alpha value is -0.120. The first kappa shape index (κ1) is 15.3. The summed E-state index contributed by atoms with van der Waals surface area (Å²) in [6.07, 6.45) is 9.66. The van der Waals surface area contributed by atoms with Crippen LogP contribution in [0.2, 0.25) is 0 Å². The number of fused-ring (bicyclic) bond motifs is 1. The SMILES string of the molecule is CC(N)CCCC(C)CN1CCOC2CCCCC21. The molecule has 2 fully saturated rings. The van der Waals surface area contributed by atoms with E-state index >= 15 is 0 Å². The van der Waals surface area contributed by atoms with Gasteiger partial charge in [0, 0.05) is 25.2 Å². The summed E-state index contributed by atoms with van der Waals surface area (Å²) in [5.74, 6) is 0.791. The van der Waals surface area contributed by atoms with Crippen LogP contribution >= 0.6 is 0 Å². The molecule has 1 aliphatic heterocycles. The maximum absolute atomic E-state index is 5.95. The fraction of sp³-hybridized carbons (Fsp3) is 1.00. The van der Waals surface area contributed by atoms with Crippen LogP contribution in [0.15, 0.2) is 0 Å². The van der Waals surface area contributed by atoms with Crippen molar-refractivity contribution in [3.8, 4) is 0 Å². The average Bonchev–Trinajstić information content (AvgIpc) is 2.39. The summed E-state index contributed by atoms with van der Waals surface area (Å²) >= 11 is 0. The standard InChI is InChI=1S/C16H32N2O/c1-13(6-5-7-14(2)17)12-18-10-11-19-16-9-4-3-8-15(16)18/h13-16H,3-12,17H2,1-2H3. The molecule has 0 aromatic heterocycles. The number of hydrogen-bond donors (Lipinski definition) is 1. The van der Waals surface area contributed by atoms with Crippen molar-refractivity contribution in [3.63, 3.8) is 0 Å². The minimum Gasteiger partial charge on any atom is -0.375 e. The van der Waals surface area contributed by atoms with Crippen LogP contribution in [0.1, 0.15) is 58.8 Å². The highest BCUT2D eigenvalue weighted by molar-refractivity contribution is 4.87. The number of hydrogen-bond acceptors (Lipinski definition) is 3. The summed E-state index contributed by atoms with van der Waals surface area (Å²) in [7, 11) is 0. The van der Waals surface area contributed by atoms with Crippen LogP contribution in [-0.2, 0) is 4.74 Å². The van der Waals surface area contributed by atoms with Crippen LogP contribution in [0.4, 0.5) is 0 Å². The molecule has 1 heterocycles. The van der Waals surface area contributed by atoms with Crippen molar-refractivity contribution < 1.29 is 4.74 Å². The Morgan fingerprint density at radius 2 is 2.00 bits per heavy atom. The molecule has 2 aliphatic rings. The zero-order chi connectivity index (χ0) is 13.7. The Morgan fingerprint density at radius 1 is 1.21 bits per heavy atom. The molecule has 1 aliphatic carbocycles. The maximum Gasteiger partial charge on any atom is 0.0730 e. The number of nitrogens with two attached hydrogens (primary N) is 1. The third-order valence-electron chi connectivity index (χ3n) is 4.75. The molecule has 4 unspecified atom stereocenters. The van der Waals surface area contributed by atoms with Gasteiger partial charge in [0.05, 0.1) is 12.7 Å². The van der Waals surface area contributed by atoms with Gasteiger partial charge in [-0.25, -0.2) is 0 Å². The van der Waals surface area contributed by atoms with Gasteiger partial charge in [0.15, 0.2) is 0 Å². The Kier molecular flexibility index (Phi) is 6.11. The van der Waals surface area contributed by atoms with Crippen molar-refractivity contribution in [2.24, 2.45) is 11.7 Å². The van der Waals surface area contributed by atoms with E-state index in [1.807, 2.05) is 0 Å². The molecule has 4 atom stereocenters. The first-order valence-electron chi connectivity index (χ1n) is 8.28. The van der Waals surface area contributed by atoms with Gasteiger partial charge >= 0.3 is 0 Å². The largest absolute Gasteiger partial charge is 0.375 e. The van der Waals surface area contributed by atoms with Gasteiger partial charge < -0.3 is 10.5 Å². The number of nitrogens with zero attached hydrogens (tertiary/aromatic N) is 1. The highest BCUT2D eigenvalue weighted by Crippen LogP contribution is 2.29. The van der Waals surface area contributed by atoms with Gasteiger partial charge in [-0.3, -0.25) is 4.90 Å². The third kappa shape index (κ3) is 4.73. The van der Waals surface area contributed by atoms with E-state index in [-0.39, 0.29) is 0 Å². The molecule has 2 N–H and O–H groups in total. The van der Waals surface area contributed by atoms with E-state index in [4.69, 9.17) is 10.5 Å². The minimum absolute atomic E-state index is 0.360. The summed E-state index contributed by atoms with van der Waals surface area (Å²) in [6.45, 7) is 7.84. The lowest BCUT2D eigenvalue weighted by Crippen LogP contribution is -2.53. The fourth-order valence-electron chi connectivity index (χ4n) is 3.68. The predicted octanol–water partition coefficient (Wildman–Crippen LogP) is 2.78. The maximum atomic E-state index is 5.95. The lowest BCUT2D eigenvalue weighted by atomic mass is 9.89. The van der Waals surface area contributed by atoms with Crippen molar-refractivity contribution in [2.45, 2.75) is 77.0 Å². The summed E-state index contributed by atoms with van der Waals surface area (Å²) in [5, 5.41) is 0. The Morgan fingerprint density at radius 3 is 2.79 bits per heavy atom. The Bertz CT molecular complexity index is 255. The highest BCUT2D eigenvalue weighted by atomic mass is 16.5. The molecular weight excluding hydrogens is 236 g/mol. The highest BCUT2D eigenvalue weighted by Gasteiger charge is 2.34. The van der Waals surface area contributed by atoms with E-state index in [0.29, 0.717) is 18.2 Å². The molecule has 1 saturated carbocycles. The first-order valence-corrected chi connectivity index (χ1v) is 8.28. The molecule has 2 rings (SSSR count). The van der Waals surface area contributed by atoms with E-state index in [9.17, 15) is 0 Å². The zero-order valence-electron chi connectivity index (χ0n) is 12.8. The van der Waals surface area contributed by atoms with Crippen molar-refractivity contribution in [1.29, 1.82) is 0 Å². The molecule has 0 spiro atoms. The zero-order valence-corrected chi connectivity index (χ0v) is 12.8. The van der Waals surface area contributed by atoms with Gasteiger partial charge in [0.25, 0.3) is 0 Å². The van der Waals surface area contributed by atoms with Gasteiger partial charge in [-0.2, -0.15) is 0 Å². The molecule has 0 amide bonds. The second-order valence-corrected chi connectivity index (χ2v) is 6.77. The monoisotopic (exact) mass is 268 g/mol. The van der Waals surface area contributed by atoms with Crippen molar-refractivity contribution in [2.75, 3.05) is 19.7 Å². The number of morpholine rings is 1. The molecular formula is C16H32N2O. The van der Waals surface area contributed by atoms with Crippen LogP contribution in [0, 0.1) is 5.92 Å². The Balaban J connectivity index is 1.73. The van der Waals surface area contributed by atoms with E-state index in [2.05, 4.69) is 18.7 Å². The number of ether oxygens (including phenoxy) is 1. The number of rotatable bonds is 6. The van der Waals surface area contributed by atoms with Crippen molar-refractivity contribution in [1.82, 2.24) is 4.90 Å². The molecule has 1 saturated heterocycles. The minimum atomic E-state index is 0.360. The second kappa shape index (κ2) is 7.61. The van der Waals surface area contributed by atoms with Gasteiger partial charge in [-0.1, -0.05) is 26.2 Å². The van der Waals surface area contributed by atoms with Crippen LogP contribution in [-0.4, -0.2) is 42.8 Å². The van der Waals surface area contributed by atoms with E-state index in [1.54, 1.807) is 0 Å². The van der Waals surface area contributed by atoms with Gasteiger partial charge in [-0.05, 0) is 38.5 Å². The van der Waals surface area contributed by atoms with E-state index in [1.165, 1.54) is 51.5 Å². The summed E-state index contributed by atoms with van der Waals surface area (Å²) in [6, 6.07) is 1.07. The third-order valence-corrected chi connectivity index (χ3v) is 4.75. The summed E-state index contributed by atoms with van der Waals surface area (Å²) in [4.78, 5) is 2.71. The molecule has 0 bridgehead atoms. The molecule has 0 radical (unpaired) electrons. The Labute approximate surface area is 118 Å². The lowest BCUT2D eigenvalue weighted by Gasteiger charge is -2.44. The lowest BCUT2D eigenvalue weighted by molar-refractivity contribution is -0.0916. The van der Waals surface area contributed by atoms with Gasteiger partial charge in [0.2, 0.25) is 0 Å². The quantitative estimate of drug-likeness (QED) is 0.805. The van der Waals surface area contributed by atoms with E-state index < -0.39 is 0 Å². The summed E-state index contributed by atoms with van der Waals surface area (Å²) in [5.41, 5.74) is 5.82. The molecule has 19 heavy (non-hydrogen) atoms. The molecule has 3 heteroatoms. The van der Waals surface area contributed by atoms with Crippen LogP contribution in [0.3, 0.4) is 0 Å². The van der Waals surface area contributed by atoms with Crippen LogP contribution in [0.5, 0.6) is 0 Å². The fourth-order valence-corrected chi connectivity index (χ4v) is 3.68. The molecule has 112 valence electrons. The van der Waals surface area contributed by atoms with Gasteiger partial charge in [0.1, 0.15) is 0 Å². The van der Waals surface area contributed by atoms with E-state index in [0.717, 1.165) is 19.1 Å². The topological polar surface area (TPSA) is 38.5 Å². The average molecular weight is 268 g/mol. The molecule has 0 aromatic carbocycles. The molecule has 3 nitrogen and oxygen atoms in total. The van der Waals surface area contributed by atoms with Crippen molar-refractivity contribution >= 4 is 0 Å². The second-order valence-electron chi connectivity index (χ2n) is 6.77. The smallest absolute Gasteiger partial charge is 0.0730 e. The first-order chi connectivity index (χ1) is 9.16. The molecule has 0 aromatic rings.